The van der Waals surface area contributed by atoms with Gasteiger partial charge >= 0.3 is 0 Å². The Balaban J connectivity index is 2.24. The van der Waals surface area contributed by atoms with Crippen molar-refractivity contribution in [2.75, 3.05) is 12.3 Å². The second kappa shape index (κ2) is 9.98. The Kier molecular flexibility index (Phi) is 8.66. The zero-order valence-electron chi connectivity index (χ0n) is 13.2. The Morgan fingerprint density at radius 2 is 1.86 bits per heavy atom. The molecule has 2 amide bonds. The Morgan fingerprint density at radius 3 is 2.52 bits per heavy atom. The summed E-state index contributed by atoms with van der Waals surface area (Å²) >= 11 is 1.45. The lowest BCUT2D eigenvalue weighted by atomic mass is 10.1. The minimum Gasteiger partial charge on any atom is -0.300 e. The molecule has 5 heteroatoms. The number of thioether (sulfide) groups is 1. The number of ketones is 1. The van der Waals surface area contributed by atoms with Crippen LogP contribution in [0.1, 0.15) is 65.2 Å². The van der Waals surface area contributed by atoms with Crippen molar-refractivity contribution in [2.45, 2.75) is 70.5 Å². The highest BCUT2D eigenvalue weighted by Gasteiger charge is 2.38. The molecular weight excluding hydrogens is 286 g/mol. The van der Waals surface area contributed by atoms with Gasteiger partial charge in [-0.25, -0.2) is 0 Å². The van der Waals surface area contributed by atoms with Gasteiger partial charge in [0.15, 0.2) is 0 Å². The average Bonchev–Trinajstić information content (AvgIpc) is 2.69. The fourth-order valence-electron chi connectivity index (χ4n) is 2.41. The standard InChI is InChI=1S/C16H27NO3S/c1-3-4-5-6-7-8-10-17-15(19)12-14(16(17)20)21-11-9-13(2)18/h14H,3-12H2,1-2H3. The largest absolute Gasteiger partial charge is 0.300 e. The van der Waals surface area contributed by atoms with Crippen molar-refractivity contribution in [1.29, 1.82) is 0 Å². The van der Waals surface area contributed by atoms with Gasteiger partial charge in [0, 0.05) is 25.1 Å². The van der Waals surface area contributed by atoms with Gasteiger partial charge in [-0.05, 0) is 13.3 Å². The first kappa shape index (κ1) is 18.2. The van der Waals surface area contributed by atoms with Crippen molar-refractivity contribution in [2.24, 2.45) is 0 Å². The molecule has 1 rings (SSSR count). The van der Waals surface area contributed by atoms with Crippen LogP contribution in [-0.4, -0.2) is 40.0 Å². The smallest absolute Gasteiger partial charge is 0.242 e. The lowest BCUT2D eigenvalue weighted by molar-refractivity contribution is -0.138. The van der Waals surface area contributed by atoms with E-state index >= 15 is 0 Å². The molecule has 120 valence electrons. The molecule has 0 radical (unpaired) electrons. The quantitative estimate of drug-likeness (QED) is 0.434. The predicted octanol–water partition coefficient (Wildman–Crippen LogP) is 3.19. The van der Waals surface area contributed by atoms with Crippen LogP contribution >= 0.6 is 11.8 Å². The first-order chi connectivity index (χ1) is 10.1. The summed E-state index contributed by atoms with van der Waals surface area (Å²) < 4.78 is 0. The van der Waals surface area contributed by atoms with Gasteiger partial charge in [0.05, 0.1) is 5.25 Å². The summed E-state index contributed by atoms with van der Waals surface area (Å²) in [6.45, 7) is 4.30. The van der Waals surface area contributed by atoms with Crippen LogP contribution in [0.5, 0.6) is 0 Å². The first-order valence-electron chi connectivity index (χ1n) is 8.01. The number of nitrogens with zero attached hydrogens (tertiary/aromatic N) is 1. The fourth-order valence-corrected chi connectivity index (χ4v) is 3.63. The first-order valence-corrected chi connectivity index (χ1v) is 9.06. The van der Waals surface area contributed by atoms with Crippen molar-refractivity contribution >= 4 is 29.4 Å². The number of carbonyl (C=O) groups is 3. The van der Waals surface area contributed by atoms with Crippen LogP contribution < -0.4 is 0 Å². The second-order valence-corrected chi connectivity index (χ2v) is 6.98. The highest BCUT2D eigenvalue weighted by Crippen LogP contribution is 2.26. The number of amides is 2. The molecule has 0 N–H and O–H groups in total. The molecule has 1 heterocycles. The minimum absolute atomic E-state index is 0.0473. The Morgan fingerprint density at radius 1 is 1.19 bits per heavy atom. The molecule has 1 atom stereocenters. The number of hydrogen-bond acceptors (Lipinski definition) is 4. The van der Waals surface area contributed by atoms with Gasteiger partial charge in [0.25, 0.3) is 0 Å². The molecule has 1 saturated heterocycles. The topological polar surface area (TPSA) is 54.5 Å². The van der Waals surface area contributed by atoms with Crippen LogP contribution in [0, 0.1) is 0 Å². The van der Waals surface area contributed by atoms with Crippen LogP contribution in [0.15, 0.2) is 0 Å². The monoisotopic (exact) mass is 313 g/mol. The summed E-state index contributed by atoms with van der Waals surface area (Å²) in [5.74, 6) is 0.656. The van der Waals surface area contributed by atoms with Crippen LogP contribution in [0.25, 0.3) is 0 Å². The number of unbranched alkanes of at least 4 members (excludes halogenated alkanes) is 5. The second-order valence-electron chi connectivity index (χ2n) is 5.67. The zero-order chi connectivity index (χ0) is 15.7. The maximum atomic E-state index is 12.2. The van der Waals surface area contributed by atoms with Gasteiger partial charge in [-0.2, -0.15) is 0 Å². The third-order valence-corrected chi connectivity index (χ3v) is 4.92. The molecule has 0 spiro atoms. The molecule has 1 aliphatic heterocycles. The van der Waals surface area contributed by atoms with Crippen molar-refractivity contribution in [3.8, 4) is 0 Å². The Bertz CT molecular complexity index is 371. The molecule has 4 nitrogen and oxygen atoms in total. The molecule has 1 fully saturated rings. The number of imide groups is 1. The van der Waals surface area contributed by atoms with Gasteiger partial charge in [0.2, 0.25) is 11.8 Å². The Hall–Kier alpha value is -0.840. The predicted molar refractivity (Wildman–Crippen MR) is 86.3 cm³/mol. The maximum absolute atomic E-state index is 12.2. The lowest BCUT2D eigenvalue weighted by Gasteiger charge is -2.14. The number of Topliss-reactive ketones (excluding diaryl/α,β-unsaturated/α-hetero) is 1. The van der Waals surface area contributed by atoms with Gasteiger partial charge in [-0.3, -0.25) is 19.3 Å². The zero-order valence-corrected chi connectivity index (χ0v) is 14.0. The highest BCUT2D eigenvalue weighted by molar-refractivity contribution is 8.00. The van der Waals surface area contributed by atoms with Crippen LogP contribution in [0.3, 0.4) is 0 Å². The van der Waals surface area contributed by atoms with Crippen molar-refractivity contribution in [1.82, 2.24) is 4.90 Å². The van der Waals surface area contributed by atoms with Gasteiger partial charge in [0.1, 0.15) is 5.78 Å². The van der Waals surface area contributed by atoms with Crippen LogP contribution in [0.4, 0.5) is 0 Å². The van der Waals surface area contributed by atoms with Crippen molar-refractivity contribution < 1.29 is 14.4 Å². The highest BCUT2D eigenvalue weighted by atomic mass is 32.2. The van der Waals surface area contributed by atoms with E-state index in [2.05, 4.69) is 6.92 Å². The number of carbonyl (C=O) groups excluding carboxylic acids is 3. The molecule has 0 saturated carbocycles. The third-order valence-electron chi connectivity index (χ3n) is 3.71. The molecule has 0 aromatic rings. The molecule has 0 aromatic heterocycles. The fraction of sp³-hybridized carbons (Fsp3) is 0.812. The average molecular weight is 313 g/mol. The van der Waals surface area contributed by atoms with E-state index < -0.39 is 0 Å². The normalized spacial score (nSPS) is 18.6. The molecule has 1 aliphatic rings. The summed E-state index contributed by atoms with van der Waals surface area (Å²) in [6, 6.07) is 0. The third kappa shape index (κ3) is 6.64. The van der Waals surface area contributed by atoms with E-state index in [4.69, 9.17) is 0 Å². The van der Waals surface area contributed by atoms with E-state index in [1.165, 1.54) is 42.3 Å². The van der Waals surface area contributed by atoms with E-state index in [9.17, 15) is 14.4 Å². The SMILES string of the molecule is CCCCCCCCN1C(=O)CC(SCCC(C)=O)C1=O. The van der Waals surface area contributed by atoms with Gasteiger partial charge in [-0.15, -0.1) is 11.8 Å². The van der Waals surface area contributed by atoms with E-state index in [1.54, 1.807) is 6.92 Å². The number of rotatable bonds is 11. The summed E-state index contributed by atoms with van der Waals surface area (Å²) in [7, 11) is 0. The summed E-state index contributed by atoms with van der Waals surface area (Å²) in [5.41, 5.74) is 0. The molecular formula is C16H27NO3S. The minimum atomic E-state index is -0.267. The van der Waals surface area contributed by atoms with Crippen LogP contribution in [0.2, 0.25) is 0 Å². The molecule has 0 bridgehead atoms. The molecule has 0 aliphatic carbocycles. The lowest BCUT2D eigenvalue weighted by Crippen LogP contribution is -2.32. The van der Waals surface area contributed by atoms with E-state index in [0.29, 0.717) is 25.1 Å². The van der Waals surface area contributed by atoms with Crippen molar-refractivity contribution in [3.63, 3.8) is 0 Å². The molecule has 0 aromatic carbocycles. The van der Waals surface area contributed by atoms with Gasteiger partial charge < -0.3 is 0 Å². The summed E-state index contributed by atoms with van der Waals surface area (Å²) in [5, 5.41) is -0.267. The van der Waals surface area contributed by atoms with E-state index in [1.807, 2.05) is 0 Å². The number of likely N-dealkylation sites (tertiary alicyclic amines) is 1. The van der Waals surface area contributed by atoms with Crippen molar-refractivity contribution in [3.05, 3.63) is 0 Å². The molecule has 21 heavy (non-hydrogen) atoms. The molecule has 1 unspecified atom stereocenters. The maximum Gasteiger partial charge on any atom is 0.242 e. The number of hydrogen-bond donors (Lipinski definition) is 0. The summed E-state index contributed by atoms with van der Waals surface area (Å²) in [4.78, 5) is 36.4. The van der Waals surface area contributed by atoms with Gasteiger partial charge in [-0.1, -0.05) is 39.0 Å². The van der Waals surface area contributed by atoms with Crippen LogP contribution in [-0.2, 0) is 14.4 Å². The van der Waals surface area contributed by atoms with E-state index in [-0.39, 0.29) is 22.8 Å². The Labute approximate surface area is 132 Å². The summed E-state index contributed by atoms with van der Waals surface area (Å²) in [6.07, 6.45) is 7.67. The van der Waals surface area contributed by atoms with E-state index in [0.717, 1.165) is 12.8 Å².